The van der Waals surface area contributed by atoms with Crippen LogP contribution in [0.5, 0.6) is 5.75 Å². The topological polar surface area (TPSA) is 97.0 Å². The number of nitrogens with zero attached hydrogens (tertiary/aromatic N) is 2. The van der Waals surface area contributed by atoms with Gasteiger partial charge in [0, 0.05) is 18.8 Å². The Bertz CT molecular complexity index is 972. The summed E-state index contributed by atoms with van der Waals surface area (Å²) in [5.74, 6) is 0.809. The number of ether oxygens (including phenoxy) is 1. The Labute approximate surface area is 176 Å². The van der Waals surface area contributed by atoms with E-state index in [1.165, 1.54) is 0 Å². The molecule has 156 valence electrons. The molecule has 0 amide bonds. The smallest absolute Gasteiger partial charge is 0.243 e. The van der Waals surface area contributed by atoms with Gasteiger partial charge in [0.15, 0.2) is 5.96 Å². The summed E-state index contributed by atoms with van der Waals surface area (Å²) in [6.07, 6.45) is 2.91. The van der Waals surface area contributed by atoms with E-state index >= 15 is 0 Å². The van der Waals surface area contributed by atoms with Crippen molar-refractivity contribution >= 4 is 33.3 Å². The van der Waals surface area contributed by atoms with E-state index in [9.17, 15) is 8.42 Å². The minimum Gasteiger partial charge on any atom is -0.495 e. The maximum absolute atomic E-state index is 12.7. The number of methoxy groups -OCH3 is 1. The molecule has 0 aliphatic carbocycles. The molecule has 0 saturated carbocycles. The minimum atomic E-state index is -3.42. The molecule has 3 rings (SSSR count). The average molecular weight is 437 g/mol. The lowest BCUT2D eigenvalue weighted by atomic mass is 10.2. The van der Waals surface area contributed by atoms with Gasteiger partial charge >= 0.3 is 0 Å². The van der Waals surface area contributed by atoms with Gasteiger partial charge in [-0.05, 0) is 48.7 Å². The standard InChI is InChI=1S/C20H25ClN4O3S/c1-28-19-10-7-16(13-18(19)21)24-20(22)23-14-15-5-8-17(9-6-15)29(26,27)25-11-3-2-4-12-25/h5-10,13H,2-4,11-12,14H2,1H3,(H3,22,23,24). The van der Waals surface area contributed by atoms with Gasteiger partial charge in [0.05, 0.1) is 23.6 Å². The Morgan fingerprint density at radius 1 is 1.17 bits per heavy atom. The minimum absolute atomic E-state index is 0.233. The zero-order valence-corrected chi connectivity index (χ0v) is 17.8. The Kier molecular flexibility index (Phi) is 7.00. The lowest BCUT2D eigenvalue weighted by molar-refractivity contribution is 0.346. The second kappa shape index (κ2) is 9.47. The summed E-state index contributed by atoms with van der Waals surface area (Å²) < 4.78 is 32.1. The fraction of sp³-hybridized carbons (Fsp3) is 0.350. The lowest BCUT2D eigenvalue weighted by Crippen LogP contribution is -2.35. The molecule has 0 atom stereocenters. The summed E-state index contributed by atoms with van der Waals surface area (Å²) in [7, 11) is -1.87. The lowest BCUT2D eigenvalue weighted by Gasteiger charge is -2.25. The molecular formula is C20H25ClN4O3S. The van der Waals surface area contributed by atoms with Crippen molar-refractivity contribution < 1.29 is 13.2 Å². The van der Waals surface area contributed by atoms with Crippen LogP contribution >= 0.6 is 11.6 Å². The first-order valence-corrected chi connectivity index (χ1v) is 11.2. The number of benzene rings is 2. The third-order valence-corrected chi connectivity index (χ3v) is 6.94. The van der Waals surface area contributed by atoms with Crippen LogP contribution in [0.15, 0.2) is 52.4 Å². The van der Waals surface area contributed by atoms with Gasteiger partial charge in [-0.1, -0.05) is 30.2 Å². The van der Waals surface area contributed by atoms with Crippen molar-refractivity contribution in [3.05, 3.63) is 53.1 Å². The van der Waals surface area contributed by atoms with Crippen LogP contribution in [0, 0.1) is 0 Å². The van der Waals surface area contributed by atoms with Crippen molar-refractivity contribution in [1.82, 2.24) is 4.31 Å². The molecule has 2 aromatic rings. The Hall–Kier alpha value is -2.29. The van der Waals surface area contributed by atoms with Crippen molar-refractivity contribution in [2.75, 3.05) is 25.5 Å². The number of aliphatic imine (C=N–C) groups is 1. The van der Waals surface area contributed by atoms with Crippen LogP contribution in [-0.4, -0.2) is 38.9 Å². The number of sulfonamides is 1. The second-order valence-corrected chi connectivity index (χ2v) is 9.13. The predicted octanol–water partition coefficient (Wildman–Crippen LogP) is 3.45. The van der Waals surface area contributed by atoms with Gasteiger partial charge in [0.25, 0.3) is 0 Å². The van der Waals surface area contributed by atoms with Crippen molar-refractivity contribution in [1.29, 1.82) is 0 Å². The molecule has 2 aromatic carbocycles. The molecule has 1 saturated heterocycles. The third kappa shape index (κ3) is 5.41. The van der Waals surface area contributed by atoms with Crippen molar-refractivity contribution in [3.63, 3.8) is 0 Å². The maximum Gasteiger partial charge on any atom is 0.243 e. The monoisotopic (exact) mass is 436 g/mol. The number of halogens is 1. The summed E-state index contributed by atoms with van der Waals surface area (Å²) in [6, 6.07) is 12.0. The van der Waals surface area contributed by atoms with E-state index in [2.05, 4.69) is 10.3 Å². The van der Waals surface area contributed by atoms with E-state index < -0.39 is 10.0 Å². The number of hydrogen-bond donors (Lipinski definition) is 2. The number of piperidine rings is 1. The highest BCUT2D eigenvalue weighted by atomic mass is 35.5. The maximum atomic E-state index is 12.7. The zero-order valence-electron chi connectivity index (χ0n) is 16.3. The molecule has 1 aliphatic rings. The van der Waals surface area contributed by atoms with E-state index in [4.69, 9.17) is 22.1 Å². The van der Waals surface area contributed by atoms with Gasteiger partial charge < -0.3 is 15.8 Å². The molecule has 1 heterocycles. The first kappa shape index (κ1) is 21.4. The summed E-state index contributed by atoms with van der Waals surface area (Å²) in [5, 5.41) is 3.44. The van der Waals surface area contributed by atoms with Gasteiger partial charge in [-0.3, -0.25) is 0 Å². The molecule has 29 heavy (non-hydrogen) atoms. The largest absolute Gasteiger partial charge is 0.495 e. The van der Waals surface area contributed by atoms with Crippen LogP contribution in [0.4, 0.5) is 5.69 Å². The fourth-order valence-electron chi connectivity index (χ4n) is 3.13. The number of rotatable bonds is 6. The Morgan fingerprint density at radius 3 is 2.48 bits per heavy atom. The highest BCUT2D eigenvalue weighted by molar-refractivity contribution is 7.89. The average Bonchev–Trinajstić information content (AvgIpc) is 2.73. The first-order valence-electron chi connectivity index (χ1n) is 9.40. The van der Waals surface area contributed by atoms with Crippen molar-refractivity contribution in [2.24, 2.45) is 10.7 Å². The number of hydrogen-bond acceptors (Lipinski definition) is 4. The number of nitrogens with two attached hydrogens (primary N) is 1. The highest BCUT2D eigenvalue weighted by Crippen LogP contribution is 2.27. The van der Waals surface area contributed by atoms with Gasteiger partial charge in [-0.25, -0.2) is 13.4 Å². The van der Waals surface area contributed by atoms with Crippen LogP contribution in [0.2, 0.25) is 5.02 Å². The van der Waals surface area contributed by atoms with Gasteiger partial charge in [0.2, 0.25) is 10.0 Å². The molecular weight excluding hydrogens is 412 g/mol. The molecule has 0 radical (unpaired) electrons. The van der Waals surface area contributed by atoms with Gasteiger partial charge in [-0.15, -0.1) is 0 Å². The first-order chi connectivity index (χ1) is 13.9. The molecule has 9 heteroatoms. The molecule has 0 bridgehead atoms. The zero-order chi connectivity index (χ0) is 20.9. The SMILES string of the molecule is COc1ccc(NC(N)=NCc2ccc(S(=O)(=O)N3CCCCC3)cc2)cc1Cl. The number of nitrogens with one attached hydrogen (secondary N) is 1. The third-order valence-electron chi connectivity index (χ3n) is 4.73. The summed E-state index contributed by atoms with van der Waals surface area (Å²) in [6.45, 7) is 1.50. The van der Waals surface area contributed by atoms with Gasteiger partial charge in [-0.2, -0.15) is 4.31 Å². The van der Waals surface area contributed by atoms with E-state index in [0.717, 1.165) is 24.8 Å². The molecule has 3 N–H and O–H groups in total. The molecule has 1 aliphatic heterocycles. The van der Waals surface area contributed by atoms with E-state index in [1.54, 1.807) is 53.9 Å². The number of anilines is 1. The fourth-order valence-corrected chi connectivity index (χ4v) is 4.90. The Balaban J connectivity index is 1.62. The van der Waals surface area contributed by atoms with Crippen molar-refractivity contribution in [2.45, 2.75) is 30.7 Å². The molecule has 0 unspecified atom stereocenters. The van der Waals surface area contributed by atoms with Crippen LogP contribution in [-0.2, 0) is 16.6 Å². The van der Waals surface area contributed by atoms with Gasteiger partial charge in [0.1, 0.15) is 5.75 Å². The molecule has 1 fully saturated rings. The molecule has 0 spiro atoms. The van der Waals surface area contributed by atoms with Crippen LogP contribution in [0.3, 0.4) is 0 Å². The quantitative estimate of drug-likeness (QED) is 0.534. The van der Waals surface area contributed by atoms with E-state index in [0.29, 0.717) is 41.0 Å². The number of guanidine groups is 1. The molecule has 0 aromatic heterocycles. The van der Waals surface area contributed by atoms with Crippen LogP contribution in [0.1, 0.15) is 24.8 Å². The van der Waals surface area contributed by atoms with E-state index in [-0.39, 0.29) is 5.96 Å². The second-order valence-electron chi connectivity index (χ2n) is 6.78. The summed E-state index contributed by atoms with van der Waals surface area (Å²) in [5.41, 5.74) is 7.49. The molecule has 7 nitrogen and oxygen atoms in total. The highest BCUT2D eigenvalue weighted by Gasteiger charge is 2.25. The van der Waals surface area contributed by atoms with Crippen LogP contribution in [0.25, 0.3) is 0 Å². The summed E-state index contributed by atoms with van der Waals surface area (Å²) in [4.78, 5) is 4.60. The summed E-state index contributed by atoms with van der Waals surface area (Å²) >= 11 is 6.10. The predicted molar refractivity (Wildman–Crippen MR) is 116 cm³/mol. The van der Waals surface area contributed by atoms with Crippen LogP contribution < -0.4 is 15.8 Å². The Morgan fingerprint density at radius 2 is 1.86 bits per heavy atom. The van der Waals surface area contributed by atoms with E-state index in [1.807, 2.05) is 0 Å². The van der Waals surface area contributed by atoms with Crippen molar-refractivity contribution in [3.8, 4) is 5.75 Å². The normalized spacial score (nSPS) is 15.9.